The highest BCUT2D eigenvalue weighted by Gasteiger charge is 2.23. The van der Waals surface area contributed by atoms with Crippen LogP contribution >= 0.6 is 0 Å². The van der Waals surface area contributed by atoms with Gasteiger partial charge in [0.1, 0.15) is 0 Å². The molecular weight excluding hydrogens is 328 g/mol. The van der Waals surface area contributed by atoms with Crippen LogP contribution in [0.2, 0.25) is 0 Å². The van der Waals surface area contributed by atoms with Crippen molar-refractivity contribution in [1.82, 2.24) is 5.32 Å². The van der Waals surface area contributed by atoms with Crippen LogP contribution in [0.5, 0.6) is 0 Å². The molecule has 0 aromatic heterocycles. The second kappa shape index (κ2) is 13.3. The van der Waals surface area contributed by atoms with Crippen LogP contribution in [0.1, 0.15) is 59.8 Å². The zero-order chi connectivity index (χ0) is 15.4. The van der Waals surface area contributed by atoms with E-state index in [1.165, 1.54) is 56.3 Å². The fraction of sp³-hybridized carbons (Fsp3) is 0.824. The Morgan fingerprint density at radius 2 is 1.43 bits per heavy atom. The predicted molar refractivity (Wildman–Crippen MR) is 87.7 cm³/mol. The minimum Gasteiger partial charge on any atom is -1.00 e. The van der Waals surface area contributed by atoms with Gasteiger partial charge in [0.2, 0.25) is 5.91 Å². The van der Waals surface area contributed by atoms with E-state index in [4.69, 9.17) is 0 Å². The number of rotatable bonds is 12. The van der Waals surface area contributed by atoms with E-state index < -0.39 is 0 Å². The summed E-state index contributed by atoms with van der Waals surface area (Å²) in [6, 6.07) is 0. The Morgan fingerprint density at radius 1 is 0.952 bits per heavy atom. The molecule has 0 aliphatic carbocycles. The summed E-state index contributed by atoms with van der Waals surface area (Å²) < 4.78 is 1.26. The Morgan fingerprint density at radius 3 is 1.81 bits per heavy atom. The third-order valence-electron chi connectivity index (χ3n) is 3.83. The van der Waals surface area contributed by atoms with Crippen LogP contribution in [-0.2, 0) is 4.79 Å². The standard InChI is InChI=1S/C17H34N2O.BrH/c1-6-12-19(13-7-2,14-8-3)15-10-9-11-18-17(20)16(4)5;/h4,6-15H2,1-3,5H3;1H. The lowest BCUT2D eigenvalue weighted by Gasteiger charge is -2.38. The van der Waals surface area contributed by atoms with Crippen molar-refractivity contribution in [2.45, 2.75) is 59.8 Å². The van der Waals surface area contributed by atoms with Gasteiger partial charge in [0.25, 0.3) is 0 Å². The molecule has 0 fully saturated rings. The van der Waals surface area contributed by atoms with Gasteiger partial charge in [-0.15, -0.1) is 0 Å². The lowest BCUT2D eigenvalue weighted by Crippen LogP contribution is -3.00. The van der Waals surface area contributed by atoms with Gasteiger partial charge in [-0.25, -0.2) is 0 Å². The first kappa shape index (κ1) is 22.9. The van der Waals surface area contributed by atoms with E-state index in [2.05, 4.69) is 32.7 Å². The minimum atomic E-state index is -0.0126. The van der Waals surface area contributed by atoms with E-state index in [9.17, 15) is 4.79 Å². The molecule has 0 unspecified atom stereocenters. The molecule has 4 heteroatoms. The van der Waals surface area contributed by atoms with Crippen molar-refractivity contribution >= 4 is 5.91 Å². The van der Waals surface area contributed by atoms with Crippen molar-refractivity contribution in [3.63, 3.8) is 0 Å². The molecule has 0 saturated carbocycles. The van der Waals surface area contributed by atoms with Crippen LogP contribution in [0.25, 0.3) is 0 Å². The molecule has 0 aromatic carbocycles. The second-order valence-corrected chi connectivity index (χ2v) is 5.98. The van der Waals surface area contributed by atoms with Crippen LogP contribution in [0.3, 0.4) is 0 Å². The summed E-state index contributed by atoms with van der Waals surface area (Å²) in [5.74, 6) is -0.0126. The average Bonchev–Trinajstić information content (AvgIpc) is 2.39. The predicted octanol–water partition coefficient (Wildman–Crippen LogP) is 0.510. The Kier molecular flexibility index (Phi) is 14.5. The molecular formula is C17H35BrN2O. The molecule has 1 amide bonds. The van der Waals surface area contributed by atoms with Crippen LogP contribution in [0.4, 0.5) is 0 Å². The second-order valence-electron chi connectivity index (χ2n) is 5.98. The van der Waals surface area contributed by atoms with Crippen LogP contribution in [0.15, 0.2) is 12.2 Å². The number of unbranched alkanes of at least 4 members (excludes halogenated alkanes) is 1. The summed E-state index contributed by atoms with van der Waals surface area (Å²) in [7, 11) is 0. The smallest absolute Gasteiger partial charge is 0.246 e. The largest absolute Gasteiger partial charge is 1.00 e. The number of quaternary nitrogens is 1. The zero-order valence-electron chi connectivity index (χ0n) is 14.5. The molecule has 3 nitrogen and oxygen atoms in total. The molecule has 0 aromatic rings. The first-order valence-electron chi connectivity index (χ1n) is 8.30. The first-order valence-corrected chi connectivity index (χ1v) is 8.30. The van der Waals surface area contributed by atoms with Crippen molar-refractivity contribution in [2.75, 3.05) is 32.7 Å². The summed E-state index contributed by atoms with van der Waals surface area (Å²) in [5, 5.41) is 2.92. The van der Waals surface area contributed by atoms with Crippen molar-refractivity contribution in [2.24, 2.45) is 0 Å². The van der Waals surface area contributed by atoms with Gasteiger partial charge in [-0.05, 0) is 39.0 Å². The number of carbonyl (C=O) groups excluding carboxylic acids is 1. The average molecular weight is 363 g/mol. The Labute approximate surface area is 142 Å². The van der Waals surface area contributed by atoms with E-state index >= 15 is 0 Å². The first-order chi connectivity index (χ1) is 9.51. The normalized spacial score (nSPS) is 10.9. The quantitative estimate of drug-likeness (QED) is 0.306. The van der Waals surface area contributed by atoms with E-state index in [0.29, 0.717) is 5.57 Å². The molecule has 0 spiro atoms. The maximum Gasteiger partial charge on any atom is 0.246 e. The van der Waals surface area contributed by atoms with E-state index in [1.807, 2.05) is 0 Å². The summed E-state index contributed by atoms with van der Waals surface area (Å²) in [6.07, 6.45) is 6.03. The van der Waals surface area contributed by atoms with Gasteiger partial charge in [0.05, 0.1) is 26.2 Å². The number of hydrogen-bond donors (Lipinski definition) is 1. The van der Waals surface area contributed by atoms with Crippen molar-refractivity contribution in [3.8, 4) is 0 Å². The number of carbonyl (C=O) groups is 1. The molecule has 0 aliphatic heterocycles. The van der Waals surface area contributed by atoms with Gasteiger partial charge in [-0.2, -0.15) is 0 Å². The Balaban J connectivity index is 0. The summed E-state index contributed by atoms with van der Waals surface area (Å²) in [6.45, 7) is 18.1. The Hall–Kier alpha value is -0.350. The van der Waals surface area contributed by atoms with Crippen LogP contribution in [-0.4, -0.2) is 43.1 Å². The van der Waals surface area contributed by atoms with Crippen LogP contribution in [0, 0.1) is 0 Å². The molecule has 0 heterocycles. The van der Waals surface area contributed by atoms with Gasteiger partial charge in [0.15, 0.2) is 0 Å². The van der Waals surface area contributed by atoms with Crippen molar-refractivity contribution < 1.29 is 26.3 Å². The number of hydrogen-bond acceptors (Lipinski definition) is 1. The molecule has 1 N–H and O–H groups in total. The number of halogens is 1. The van der Waals surface area contributed by atoms with E-state index in [0.717, 1.165) is 13.0 Å². The maximum atomic E-state index is 11.4. The van der Waals surface area contributed by atoms with Gasteiger partial charge in [-0.3, -0.25) is 4.79 Å². The SMILES string of the molecule is C=C(C)C(=O)NCCCC[N+](CCC)(CCC)CCC.[Br-]. The van der Waals surface area contributed by atoms with Gasteiger partial charge < -0.3 is 26.8 Å². The maximum absolute atomic E-state index is 11.4. The fourth-order valence-corrected chi connectivity index (χ4v) is 3.02. The molecule has 0 bridgehead atoms. The molecule has 0 aliphatic rings. The molecule has 126 valence electrons. The molecule has 0 rings (SSSR count). The summed E-state index contributed by atoms with van der Waals surface area (Å²) in [4.78, 5) is 11.4. The van der Waals surface area contributed by atoms with Gasteiger partial charge in [-0.1, -0.05) is 27.4 Å². The molecule has 0 radical (unpaired) electrons. The number of nitrogens with one attached hydrogen (secondary N) is 1. The number of nitrogens with zero attached hydrogens (tertiary/aromatic N) is 1. The summed E-state index contributed by atoms with van der Waals surface area (Å²) >= 11 is 0. The monoisotopic (exact) mass is 362 g/mol. The van der Waals surface area contributed by atoms with E-state index in [1.54, 1.807) is 6.92 Å². The van der Waals surface area contributed by atoms with Gasteiger partial charge in [0, 0.05) is 12.1 Å². The lowest BCUT2D eigenvalue weighted by molar-refractivity contribution is -0.928. The highest BCUT2D eigenvalue weighted by Crippen LogP contribution is 2.13. The highest BCUT2D eigenvalue weighted by molar-refractivity contribution is 5.91. The summed E-state index contributed by atoms with van der Waals surface area (Å²) in [5.41, 5.74) is 0.595. The third-order valence-corrected chi connectivity index (χ3v) is 3.83. The van der Waals surface area contributed by atoms with E-state index in [-0.39, 0.29) is 22.9 Å². The third kappa shape index (κ3) is 10.1. The highest BCUT2D eigenvalue weighted by atomic mass is 79.9. The molecule has 0 saturated heterocycles. The van der Waals surface area contributed by atoms with Crippen LogP contribution < -0.4 is 22.3 Å². The van der Waals surface area contributed by atoms with Crippen molar-refractivity contribution in [1.29, 1.82) is 0 Å². The lowest BCUT2D eigenvalue weighted by atomic mass is 10.2. The number of amides is 1. The van der Waals surface area contributed by atoms with Gasteiger partial charge >= 0.3 is 0 Å². The zero-order valence-corrected chi connectivity index (χ0v) is 16.1. The van der Waals surface area contributed by atoms with Crippen molar-refractivity contribution in [3.05, 3.63) is 12.2 Å². The fourth-order valence-electron chi connectivity index (χ4n) is 3.02. The molecule has 21 heavy (non-hydrogen) atoms. The minimum absolute atomic E-state index is 0. The molecule has 0 atom stereocenters. The topological polar surface area (TPSA) is 29.1 Å². The Bertz CT molecular complexity index is 275.